The number of benzene rings is 2. The number of rotatable bonds is 7. The molecule has 29 heavy (non-hydrogen) atoms. The van der Waals surface area contributed by atoms with Crippen molar-refractivity contribution >= 4 is 11.8 Å². The van der Waals surface area contributed by atoms with Crippen LogP contribution in [0, 0.1) is 12.7 Å². The van der Waals surface area contributed by atoms with Gasteiger partial charge in [0.2, 0.25) is 5.89 Å². The van der Waals surface area contributed by atoms with E-state index >= 15 is 0 Å². The van der Waals surface area contributed by atoms with Crippen molar-refractivity contribution in [2.75, 3.05) is 6.61 Å². The van der Waals surface area contributed by atoms with Crippen LogP contribution in [0.3, 0.4) is 0 Å². The van der Waals surface area contributed by atoms with Gasteiger partial charge in [0.05, 0.1) is 12.3 Å². The van der Waals surface area contributed by atoms with Crippen LogP contribution >= 0.6 is 11.8 Å². The highest BCUT2D eigenvalue weighted by Gasteiger charge is 2.16. The minimum Gasteiger partial charge on any atom is -0.494 e. The SMILES string of the molecule is CCOc1ccc(-c2nnc(SCc3noc(-c4ccc(F)cc4)c3C)o2)cc1. The quantitative estimate of drug-likeness (QED) is 0.370. The second-order valence-corrected chi connectivity index (χ2v) is 7.14. The molecule has 0 aliphatic heterocycles. The van der Waals surface area contributed by atoms with Crippen molar-refractivity contribution in [1.29, 1.82) is 0 Å². The standard InChI is InChI=1S/C21H18FN3O3S/c1-3-26-17-10-6-15(7-11-17)20-23-24-21(27-20)29-12-18-13(2)19(28-25-18)14-4-8-16(22)9-5-14/h4-11H,3,12H2,1-2H3. The van der Waals surface area contributed by atoms with Gasteiger partial charge < -0.3 is 13.7 Å². The van der Waals surface area contributed by atoms with E-state index in [1.165, 1.54) is 23.9 Å². The lowest BCUT2D eigenvalue weighted by Gasteiger charge is -2.02. The Bertz CT molecular complexity index is 1090. The van der Waals surface area contributed by atoms with Gasteiger partial charge in [0, 0.05) is 22.4 Å². The van der Waals surface area contributed by atoms with Gasteiger partial charge in [-0.05, 0) is 62.4 Å². The Balaban J connectivity index is 1.43. The van der Waals surface area contributed by atoms with Crippen molar-refractivity contribution in [2.45, 2.75) is 24.8 Å². The van der Waals surface area contributed by atoms with E-state index in [4.69, 9.17) is 13.7 Å². The molecule has 4 rings (SSSR count). The summed E-state index contributed by atoms with van der Waals surface area (Å²) in [5, 5.41) is 12.8. The van der Waals surface area contributed by atoms with Gasteiger partial charge in [-0.3, -0.25) is 0 Å². The average molecular weight is 411 g/mol. The predicted octanol–water partition coefficient (Wildman–Crippen LogP) is 5.53. The van der Waals surface area contributed by atoms with E-state index < -0.39 is 0 Å². The highest BCUT2D eigenvalue weighted by Crippen LogP contribution is 2.31. The van der Waals surface area contributed by atoms with Crippen LogP contribution in [0.1, 0.15) is 18.2 Å². The van der Waals surface area contributed by atoms with Gasteiger partial charge in [-0.2, -0.15) is 0 Å². The third-order valence-electron chi connectivity index (χ3n) is 4.28. The maximum atomic E-state index is 13.1. The number of aromatic nitrogens is 3. The van der Waals surface area contributed by atoms with E-state index in [0.29, 0.717) is 29.2 Å². The molecule has 2 heterocycles. The third-order valence-corrected chi connectivity index (χ3v) is 5.11. The first-order valence-corrected chi connectivity index (χ1v) is 10.0. The maximum absolute atomic E-state index is 13.1. The first kappa shape index (κ1) is 19.2. The number of thioether (sulfide) groups is 1. The molecule has 0 saturated carbocycles. The zero-order valence-corrected chi connectivity index (χ0v) is 16.7. The zero-order chi connectivity index (χ0) is 20.2. The smallest absolute Gasteiger partial charge is 0.277 e. The van der Waals surface area contributed by atoms with Gasteiger partial charge in [0.1, 0.15) is 11.6 Å². The van der Waals surface area contributed by atoms with E-state index in [2.05, 4.69) is 15.4 Å². The van der Waals surface area contributed by atoms with Gasteiger partial charge in [0.15, 0.2) is 5.76 Å². The number of ether oxygens (including phenoxy) is 1. The molecule has 0 fully saturated rings. The fraction of sp³-hybridized carbons (Fsp3) is 0.190. The van der Waals surface area contributed by atoms with Crippen LogP contribution in [0.15, 0.2) is 62.7 Å². The van der Waals surface area contributed by atoms with E-state index in [-0.39, 0.29) is 5.82 Å². The summed E-state index contributed by atoms with van der Waals surface area (Å²) in [5.41, 5.74) is 3.28. The molecule has 0 amide bonds. The first-order chi connectivity index (χ1) is 14.1. The molecular formula is C21H18FN3O3S. The van der Waals surface area contributed by atoms with Crippen LogP contribution in [0.25, 0.3) is 22.8 Å². The van der Waals surface area contributed by atoms with Crippen molar-refractivity contribution in [3.05, 3.63) is 65.6 Å². The van der Waals surface area contributed by atoms with Crippen molar-refractivity contribution in [1.82, 2.24) is 15.4 Å². The number of hydrogen-bond donors (Lipinski definition) is 0. The lowest BCUT2D eigenvalue weighted by molar-refractivity contribution is 0.340. The number of hydrogen-bond acceptors (Lipinski definition) is 7. The molecule has 0 bridgehead atoms. The highest BCUT2D eigenvalue weighted by molar-refractivity contribution is 7.98. The topological polar surface area (TPSA) is 74.2 Å². The van der Waals surface area contributed by atoms with Crippen LogP contribution < -0.4 is 4.74 Å². The number of halogens is 1. The molecular weight excluding hydrogens is 393 g/mol. The molecule has 0 aliphatic rings. The molecule has 0 spiro atoms. The van der Waals surface area contributed by atoms with E-state index in [9.17, 15) is 4.39 Å². The number of nitrogens with zero attached hydrogens (tertiary/aromatic N) is 3. The zero-order valence-electron chi connectivity index (χ0n) is 15.9. The summed E-state index contributed by atoms with van der Waals surface area (Å²) in [5.74, 6) is 2.09. The van der Waals surface area contributed by atoms with E-state index in [0.717, 1.165) is 28.1 Å². The Hall–Kier alpha value is -3.13. The molecule has 4 aromatic rings. The van der Waals surface area contributed by atoms with E-state index in [1.807, 2.05) is 38.1 Å². The van der Waals surface area contributed by atoms with Gasteiger partial charge in [0.25, 0.3) is 5.22 Å². The normalized spacial score (nSPS) is 11.0. The summed E-state index contributed by atoms with van der Waals surface area (Å²) in [4.78, 5) is 0. The van der Waals surface area contributed by atoms with Gasteiger partial charge in [-0.25, -0.2) is 4.39 Å². The minimum absolute atomic E-state index is 0.290. The molecule has 0 atom stereocenters. The second kappa shape index (κ2) is 8.48. The first-order valence-electron chi connectivity index (χ1n) is 9.04. The van der Waals surface area contributed by atoms with Crippen molar-refractivity contribution in [2.24, 2.45) is 0 Å². The van der Waals surface area contributed by atoms with Crippen LogP contribution in [0.4, 0.5) is 4.39 Å². The van der Waals surface area contributed by atoms with Gasteiger partial charge >= 0.3 is 0 Å². The molecule has 148 valence electrons. The molecule has 0 unspecified atom stereocenters. The predicted molar refractivity (Wildman–Crippen MR) is 107 cm³/mol. The second-order valence-electron chi connectivity index (χ2n) is 6.21. The van der Waals surface area contributed by atoms with Crippen LogP contribution in [-0.4, -0.2) is 22.0 Å². The molecule has 2 aromatic heterocycles. The lowest BCUT2D eigenvalue weighted by atomic mass is 10.1. The molecule has 0 N–H and O–H groups in total. The fourth-order valence-electron chi connectivity index (χ4n) is 2.75. The van der Waals surface area contributed by atoms with Crippen LogP contribution in [0.5, 0.6) is 5.75 Å². The summed E-state index contributed by atoms with van der Waals surface area (Å²) in [6, 6.07) is 13.6. The summed E-state index contributed by atoms with van der Waals surface area (Å²) in [6.45, 7) is 4.48. The molecule has 6 nitrogen and oxygen atoms in total. The highest BCUT2D eigenvalue weighted by atomic mass is 32.2. The minimum atomic E-state index is -0.290. The van der Waals surface area contributed by atoms with Crippen LogP contribution in [0.2, 0.25) is 0 Å². The third kappa shape index (κ3) is 4.32. The Labute approximate surface area is 171 Å². The Morgan fingerprint density at radius 2 is 1.72 bits per heavy atom. The monoisotopic (exact) mass is 411 g/mol. The van der Waals surface area contributed by atoms with Crippen molar-refractivity contribution in [3.63, 3.8) is 0 Å². The molecule has 0 saturated heterocycles. The Morgan fingerprint density at radius 3 is 2.45 bits per heavy atom. The largest absolute Gasteiger partial charge is 0.494 e. The summed E-state index contributed by atoms with van der Waals surface area (Å²) in [7, 11) is 0. The van der Waals surface area contributed by atoms with Crippen LogP contribution in [-0.2, 0) is 5.75 Å². The van der Waals surface area contributed by atoms with Crippen molar-refractivity contribution in [3.8, 4) is 28.5 Å². The molecule has 8 heteroatoms. The summed E-state index contributed by atoms with van der Waals surface area (Å²) in [6.07, 6.45) is 0. The lowest BCUT2D eigenvalue weighted by Crippen LogP contribution is -1.90. The van der Waals surface area contributed by atoms with Gasteiger partial charge in [-0.1, -0.05) is 16.9 Å². The average Bonchev–Trinajstić information content (AvgIpc) is 3.35. The molecule has 0 radical (unpaired) electrons. The molecule has 2 aromatic carbocycles. The summed E-state index contributed by atoms with van der Waals surface area (Å²) >= 11 is 1.38. The van der Waals surface area contributed by atoms with Crippen molar-refractivity contribution < 1.29 is 18.1 Å². The summed E-state index contributed by atoms with van der Waals surface area (Å²) < 4.78 is 29.7. The maximum Gasteiger partial charge on any atom is 0.277 e. The fourth-order valence-corrected chi connectivity index (χ4v) is 3.51. The Kier molecular flexibility index (Phi) is 5.62. The van der Waals surface area contributed by atoms with Gasteiger partial charge in [-0.15, -0.1) is 10.2 Å². The molecule has 0 aliphatic carbocycles. The van der Waals surface area contributed by atoms with E-state index in [1.54, 1.807) is 12.1 Å². The Morgan fingerprint density at radius 1 is 1.00 bits per heavy atom.